The highest BCUT2D eigenvalue weighted by Gasteiger charge is 2.35. The summed E-state index contributed by atoms with van der Waals surface area (Å²) in [6.45, 7) is 0.730. The van der Waals surface area contributed by atoms with Crippen molar-refractivity contribution < 1.29 is 19.1 Å². The summed E-state index contributed by atoms with van der Waals surface area (Å²) in [6, 6.07) is 27.7. The minimum Gasteiger partial charge on any atom is -0.493 e. The van der Waals surface area contributed by atoms with Gasteiger partial charge in [0.15, 0.2) is 11.5 Å². The Labute approximate surface area is 238 Å². The second kappa shape index (κ2) is 12.1. The number of rotatable bonds is 9. The highest BCUT2D eigenvalue weighted by atomic mass is 79.9. The van der Waals surface area contributed by atoms with Crippen LogP contribution in [0.4, 0.5) is 4.79 Å². The van der Waals surface area contributed by atoms with Gasteiger partial charge in [0.2, 0.25) is 0 Å². The fraction of sp³-hybridized carbons (Fsp3) is 0.133. The smallest absolute Gasteiger partial charge is 0.293 e. The number of methoxy groups -OCH3 is 1. The fourth-order valence-corrected chi connectivity index (χ4v) is 6.25. The summed E-state index contributed by atoms with van der Waals surface area (Å²) in [4.78, 5) is 28.4. The molecule has 2 amide bonds. The Balaban J connectivity index is 1.23. The van der Waals surface area contributed by atoms with Crippen molar-refractivity contribution in [2.45, 2.75) is 11.4 Å². The van der Waals surface area contributed by atoms with Gasteiger partial charge in [0.05, 0.1) is 25.2 Å². The lowest BCUT2D eigenvalue weighted by atomic mass is 10.1. The number of benzene rings is 4. The first-order valence-electron chi connectivity index (χ1n) is 11.9. The van der Waals surface area contributed by atoms with Crippen molar-refractivity contribution in [2.24, 2.45) is 0 Å². The number of hydrogen-bond acceptors (Lipinski definition) is 6. The quantitative estimate of drug-likeness (QED) is 0.109. The topological polar surface area (TPSA) is 55.8 Å². The lowest BCUT2D eigenvalue weighted by Crippen LogP contribution is -2.27. The minimum absolute atomic E-state index is 0.219. The standard InChI is InChI=1S/C30H24BrNO4S2/c1-35-26-17-20(18-28-29(33)32(30(34)38-28)19-22-8-3-5-11-24(22)31)13-14-25(26)36-15-16-37-27-12-6-9-21-7-2-4-10-23(21)27/h2-14,17-18H,15-16,19H2,1H3/b28-18-. The van der Waals surface area contributed by atoms with Gasteiger partial charge in [0.1, 0.15) is 0 Å². The Bertz CT molecular complexity index is 1530. The summed E-state index contributed by atoms with van der Waals surface area (Å²) < 4.78 is 12.4. The minimum atomic E-state index is -0.305. The number of thioether (sulfide) groups is 2. The molecule has 0 aromatic heterocycles. The van der Waals surface area contributed by atoms with Gasteiger partial charge in [0, 0.05) is 15.1 Å². The number of fused-ring (bicyclic) bond motifs is 1. The van der Waals surface area contributed by atoms with Gasteiger partial charge in [-0.1, -0.05) is 76.6 Å². The Morgan fingerprint density at radius 3 is 2.58 bits per heavy atom. The van der Waals surface area contributed by atoms with Crippen molar-refractivity contribution in [1.82, 2.24) is 4.90 Å². The summed E-state index contributed by atoms with van der Waals surface area (Å²) in [7, 11) is 1.59. The summed E-state index contributed by atoms with van der Waals surface area (Å²) in [6.07, 6.45) is 1.72. The van der Waals surface area contributed by atoms with Gasteiger partial charge in [0.25, 0.3) is 11.1 Å². The zero-order valence-corrected chi connectivity index (χ0v) is 23.8. The van der Waals surface area contributed by atoms with Crippen LogP contribution in [0.2, 0.25) is 0 Å². The highest BCUT2D eigenvalue weighted by molar-refractivity contribution is 9.10. The molecule has 0 unspecified atom stereocenters. The summed E-state index contributed by atoms with van der Waals surface area (Å²) in [5.74, 6) is 1.68. The Hall–Kier alpha value is -3.20. The largest absolute Gasteiger partial charge is 0.493 e. The third-order valence-electron chi connectivity index (χ3n) is 5.99. The molecule has 1 fully saturated rings. The molecule has 0 spiro atoms. The molecule has 4 aromatic rings. The highest BCUT2D eigenvalue weighted by Crippen LogP contribution is 2.36. The average Bonchev–Trinajstić information content (AvgIpc) is 3.20. The average molecular weight is 607 g/mol. The normalized spacial score (nSPS) is 14.5. The lowest BCUT2D eigenvalue weighted by Gasteiger charge is -2.13. The number of hydrogen-bond donors (Lipinski definition) is 0. The molecule has 0 aliphatic carbocycles. The summed E-state index contributed by atoms with van der Waals surface area (Å²) in [5, 5.41) is 2.18. The predicted octanol–water partition coefficient (Wildman–Crippen LogP) is 8.02. The molecule has 1 aliphatic rings. The number of carbonyl (C=O) groups excluding carboxylic acids is 2. The van der Waals surface area contributed by atoms with Crippen LogP contribution in [0.1, 0.15) is 11.1 Å². The van der Waals surface area contributed by atoms with E-state index in [4.69, 9.17) is 9.47 Å². The molecule has 192 valence electrons. The van der Waals surface area contributed by atoms with Crippen LogP contribution in [-0.4, -0.2) is 35.5 Å². The number of imide groups is 1. The van der Waals surface area contributed by atoms with E-state index in [1.165, 1.54) is 20.6 Å². The van der Waals surface area contributed by atoms with Gasteiger partial charge in [-0.05, 0) is 64.0 Å². The zero-order chi connectivity index (χ0) is 26.5. The van der Waals surface area contributed by atoms with Gasteiger partial charge in [-0.3, -0.25) is 14.5 Å². The Kier molecular flexibility index (Phi) is 8.42. The molecular weight excluding hydrogens is 582 g/mol. The molecule has 38 heavy (non-hydrogen) atoms. The van der Waals surface area contributed by atoms with E-state index in [2.05, 4.69) is 52.3 Å². The molecule has 0 radical (unpaired) electrons. The van der Waals surface area contributed by atoms with Crippen LogP contribution in [-0.2, 0) is 11.3 Å². The van der Waals surface area contributed by atoms with Crippen molar-refractivity contribution in [1.29, 1.82) is 0 Å². The first-order valence-corrected chi connectivity index (χ1v) is 14.5. The van der Waals surface area contributed by atoms with Crippen LogP contribution in [0, 0.1) is 0 Å². The number of nitrogens with zero attached hydrogens (tertiary/aromatic N) is 1. The van der Waals surface area contributed by atoms with Gasteiger partial charge in [-0.15, -0.1) is 11.8 Å². The van der Waals surface area contributed by atoms with E-state index < -0.39 is 0 Å². The lowest BCUT2D eigenvalue weighted by molar-refractivity contribution is -0.123. The van der Waals surface area contributed by atoms with E-state index in [1.54, 1.807) is 24.9 Å². The molecule has 4 aromatic carbocycles. The van der Waals surface area contributed by atoms with Gasteiger partial charge >= 0.3 is 0 Å². The molecule has 1 saturated heterocycles. The van der Waals surface area contributed by atoms with Gasteiger partial charge in [-0.25, -0.2) is 0 Å². The maximum atomic E-state index is 13.0. The van der Waals surface area contributed by atoms with E-state index in [1.807, 2.05) is 48.5 Å². The third-order valence-corrected chi connectivity index (χ3v) is 8.71. The van der Waals surface area contributed by atoms with Crippen molar-refractivity contribution >= 4 is 67.4 Å². The van der Waals surface area contributed by atoms with E-state index in [-0.39, 0.29) is 17.7 Å². The first-order chi connectivity index (χ1) is 18.5. The second-order valence-electron chi connectivity index (χ2n) is 8.44. The Morgan fingerprint density at radius 2 is 1.74 bits per heavy atom. The van der Waals surface area contributed by atoms with E-state index in [0.29, 0.717) is 23.0 Å². The molecule has 5 nitrogen and oxygen atoms in total. The molecule has 1 aliphatic heterocycles. The van der Waals surface area contributed by atoms with Crippen LogP contribution in [0.3, 0.4) is 0 Å². The summed E-state index contributed by atoms with van der Waals surface area (Å²) in [5.41, 5.74) is 1.63. The zero-order valence-electron chi connectivity index (χ0n) is 20.6. The molecule has 1 heterocycles. The maximum absolute atomic E-state index is 13.0. The van der Waals surface area contributed by atoms with Crippen molar-refractivity contribution in [3.05, 3.63) is 105 Å². The fourth-order valence-electron chi connectivity index (χ4n) is 4.10. The maximum Gasteiger partial charge on any atom is 0.293 e. The van der Waals surface area contributed by atoms with Crippen LogP contribution in [0.25, 0.3) is 16.8 Å². The second-order valence-corrected chi connectivity index (χ2v) is 11.4. The van der Waals surface area contributed by atoms with Crippen molar-refractivity contribution in [2.75, 3.05) is 19.5 Å². The van der Waals surface area contributed by atoms with Crippen LogP contribution in [0.15, 0.2) is 99.2 Å². The number of ether oxygens (including phenoxy) is 2. The Morgan fingerprint density at radius 1 is 0.947 bits per heavy atom. The van der Waals surface area contributed by atoms with Crippen LogP contribution in [0.5, 0.6) is 11.5 Å². The van der Waals surface area contributed by atoms with Crippen LogP contribution < -0.4 is 9.47 Å². The molecule has 0 atom stereocenters. The third kappa shape index (κ3) is 5.93. The monoisotopic (exact) mass is 605 g/mol. The molecule has 8 heteroatoms. The number of carbonyl (C=O) groups is 2. The first kappa shape index (κ1) is 26.4. The molecule has 0 bridgehead atoms. The van der Waals surface area contributed by atoms with Crippen molar-refractivity contribution in [3.8, 4) is 11.5 Å². The van der Waals surface area contributed by atoms with Crippen molar-refractivity contribution in [3.63, 3.8) is 0 Å². The SMILES string of the molecule is COc1cc(/C=C2\SC(=O)N(Cc3ccccc3Br)C2=O)ccc1OCCSc1cccc2ccccc12. The van der Waals surface area contributed by atoms with Crippen LogP contribution >= 0.6 is 39.5 Å². The number of amides is 2. The number of halogens is 1. The predicted molar refractivity (Wildman–Crippen MR) is 159 cm³/mol. The summed E-state index contributed by atoms with van der Waals surface area (Å²) >= 11 is 6.18. The van der Waals surface area contributed by atoms with E-state index in [0.717, 1.165) is 33.1 Å². The van der Waals surface area contributed by atoms with E-state index >= 15 is 0 Å². The molecule has 0 N–H and O–H groups in total. The van der Waals surface area contributed by atoms with E-state index in [9.17, 15) is 9.59 Å². The molecule has 5 rings (SSSR count). The molecule has 0 saturated carbocycles. The van der Waals surface area contributed by atoms with Gasteiger partial charge < -0.3 is 9.47 Å². The molecular formula is C30H24BrNO4S2. The van der Waals surface area contributed by atoms with Gasteiger partial charge in [-0.2, -0.15) is 0 Å².